The fourth-order valence-electron chi connectivity index (χ4n) is 2.22. The first-order valence-corrected chi connectivity index (χ1v) is 8.60. The monoisotopic (exact) mass is 342 g/mol. The van der Waals surface area contributed by atoms with Gasteiger partial charge in [0.2, 0.25) is 0 Å². The van der Waals surface area contributed by atoms with Gasteiger partial charge in [-0.3, -0.25) is 0 Å². The number of hydrogen-bond acceptors (Lipinski definition) is 4. The first kappa shape index (κ1) is 14.7. The minimum atomic E-state index is -3.38. The molecule has 0 aromatic rings. The van der Waals surface area contributed by atoms with Gasteiger partial charge in [0.15, 0.2) is 0 Å². The number of alkyl halides is 1. The minimum absolute atomic E-state index is 0.0721. The van der Waals surface area contributed by atoms with Gasteiger partial charge in [0.05, 0.1) is 25.4 Å². The van der Waals surface area contributed by atoms with Crippen LogP contribution in [0.2, 0.25) is 0 Å². The third-order valence-corrected chi connectivity index (χ3v) is 5.78. The van der Waals surface area contributed by atoms with Crippen molar-refractivity contribution in [2.24, 2.45) is 0 Å². The largest absolute Gasteiger partial charge is 0.379 e. The van der Waals surface area contributed by atoms with Crippen molar-refractivity contribution in [2.45, 2.75) is 19.1 Å². The Bertz CT molecular complexity index is 372. The highest BCUT2D eigenvalue weighted by atomic mass is 79.9. The van der Waals surface area contributed by atoms with Gasteiger partial charge in [0.25, 0.3) is 10.2 Å². The Balaban J connectivity index is 2.08. The lowest BCUT2D eigenvalue weighted by molar-refractivity contribution is -0.0434. The van der Waals surface area contributed by atoms with Crippen LogP contribution in [0.3, 0.4) is 0 Å². The maximum absolute atomic E-state index is 12.5. The second-order valence-corrected chi connectivity index (χ2v) is 7.14. The quantitative estimate of drug-likeness (QED) is 0.680. The lowest BCUT2D eigenvalue weighted by atomic mass is 10.3. The SMILES string of the molecule is CC1CN(S(=O)(=O)N2CCOCC2)CC(CBr)O1. The number of morpholine rings is 2. The lowest BCUT2D eigenvalue weighted by Crippen LogP contribution is -2.55. The molecule has 2 unspecified atom stereocenters. The van der Waals surface area contributed by atoms with Crippen molar-refractivity contribution in [3.63, 3.8) is 0 Å². The molecule has 18 heavy (non-hydrogen) atoms. The van der Waals surface area contributed by atoms with Crippen LogP contribution in [-0.4, -0.2) is 74.0 Å². The molecule has 2 rings (SSSR count). The van der Waals surface area contributed by atoms with Crippen molar-refractivity contribution in [2.75, 3.05) is 44.7 Å². The molecule has 0 bridgehead atoms. The fourth-order valence-corrected chi connectivity index (χ4v) is 4.26. The first-order chi connectivity index (χ1) is 8.54. The van der Waals surface area contributed by atoms with Gasteiger partial charge in [0, 0.05) is 31.5 Å². The number of ether oxygens (including phenoxy) is 2. The Labute approximate surface area is 117 Å². The van der Waals surface area contributed by atoms with E-state index < -0.39 is 10.2 Å². The molecule has 2 saturated heterocycles. The van der Waals surface area contributed by atoms with Crippen LogP contribution in [0.25, 0.3) is 0 Å². The van der Waals surface area contributed by atoms with E-state index in [-0.39, 0.29) is 12.2 Å². The van der Waals surface area contributed by atoms with E-state index in [4.69, 9.17) is 9.47 Å². The summed E-state index contributed by atoms with van der Waals surface area (Å²) in [6, 6.07) is 0. The third-order valence-electron chi connectivity index (χ3n) is 3.09. The van der Waals surface area contributed by atoms with Crippen LogP contribution in [0, 0.1) is 0 Å². The smallest absolute Gasteiger partial charge is 0.282 e. The van der Waals surface area contributed by atoms with E-state index in [1.807, 2.05) is 6.92 Å². The topological polar surface area (TPSA) is 59.1 Å². The van der Waals surface area contributed by atoms with Crippen LogP contribution in [0.1, 0.15) is 6.92 Å². The zero-order valence-corrected chi connectivity index (χ0v) is 12.8. The molecule has 6 nitrogen and oxygen atoms in total. The molecule has 0 spiro atoms. The van der Waals surface area contributed by atoms with E-state index in [2.05, 4.69) is 15.9 Å². The molecule has 0 radical (unpaired) electrons. The van der Waals surface area contributed by atoms with Gasteiger partial charge in [-0.2, -0.15) is 17.0 Å². The van der Waals surface area contributed by atoms with E-state index in [0.717, 1.165) is 0 Å². The molecule has 106 valence electrons. The molecule has 2 aliphatic heterocycles. The van der Waals surface area contributed by atoms with Gasteiger partial charge in [-0.05, 0) is 6.92 Å². The molecular weight excluding hydrogens is 324 g/mol. The van der Waals surface area contributed by atoms with Gasteiger partial charge >= 0.3 is 0 Å². The number of nitrogens with zero attached hydrogens (tertiary/aromatic N) is 2. The Morgan fingerprint density at radius 2 is 1.89 bits per heavy atom. The first-order valence-electron chi connectivity index (χ1n) is 6.08. The predicted molar refractivity (Wildman–Crippen MR) is 71.0 cm³/mol. The molecule has 0 aromatic heterocycles. The summed E-state index contributed by atoms with van der Waals surface area (Å²) in [6.45, 7) is 4.55. The van der Waals surface area contributed by atoms with Crippen LogP contribution in [0.5, 0.6) is 0 Å². The molecule has 0 saturated carbocycles. The van der Waals surface area contributed by atoms with E-state index in [0.29, 0.717) is 44.7 Å². The lowest BCUT2D eigenvalue weighted by Gasteiger charge is -2.38. The van der Waals surface area contributed by atoms with Crippen molar-refractivity contribution >= 4 is 26.1 Å². The summed E-state index contributed by atoms with van der Waals surface area (Å²) in [5, 5.41) is 0.645. The summed E-state index contributed by atoms with van der Waals surface area (Å²) in [5.41, 5.74) is 0. The molecule has 2 fully saturated rings. The van der Waals surface area contributed by atoms with Crippen molar-refractivity contribution in [3.05, 3.63) is 0 Å². The zero-order chi connectivity index (χ0) is 13.2. The summed E-state index contributed by atoms with van der Waals surface area (Å²) in [4.78, 5) is 0. The number of rotatable bonds is 3. The zero-order valence-electron chi connectivity index (χ0n) is 10.4. The second kappa shape index (κ2) is 6.15. The Morgan fingerprint density at radius 1 is 1.22 bits per heavy atom. The molecule has 0 N–H and O–H groups in total. The highest BCUT2D eigenvalue weighted by Gasteiger charge is 2.36. The fraction of sp³-hybridized carbons (Fsp3) is 1.00. The predicted octanol–water partition coefficient (Wildman–Crippen LogP) is 0.0476. The molecule has 2 heterocycles. The highest BCUT2D eigenvalue weighted by Crippen LogP contribution is 2.19. The average molecular weight is 343 g/mol. The summed E-state index contributed by atoms with van der Waals surface area (Å²) in [5.74, 6) is 0. The molecule has 0 aliphatic carbocycles. The Kier molecular flexibility index (Phi) is 5.01. The normalized spacial score (nSPS) is 32.6. The van der Waals surface area contributed by atoms with Crippen LogP contribution in [0.4, 0.5) is 0 Å². The van der Waals surface area contributed by atoms with Crippen LogP contribution in [0.15, 0.2) is 0 Å². The van der Waals surface area contributed by atoms with E-state index in [9.17, 15) is 8.42 Å². The van der Waals surface area contributed by atoms with Crippen molar-refractivity contribution < 1.29 is 17.9 Å². The standard InChI is InChI=1S/C10H19BrN2O4S/c1-9-7-13(8-10(6-11)17-9)18(14,15)12-2-4-16-5-3-12/h9-10H,2-8H2,1H3. The Morgan fingerprint density at radius 3 is 2.50 bits per heavy atom. The van der Waals surface area contributed by atoms with Crippen molar-refractivity contribution in [1.82, 2.24) is 8.61 Å². The number of hydrogen-bond donors (Lipinski definition) is 0. The van der Waals surface area contributed by atoms with Crippen LogP contribution in [-0.2, 0) is 19.7 Å². The molecule has 2 aliphatic rings. The summed E-state index contributed by atoms with van der Waals surface area (Å²) < 4.78 is 38.8. The molecule has 8 heteroatoms. The van der Waals surface area contributed by atoms with E-state index in [1.165, 1.54) is 8.61 Å². The molecule has 0 amide bonds. The summed E-state index contributed by atoms with van der Waals surface area (Å²) in [6.07, 6.45) is -0.151. The van der Waals surface area contributed by atoms with E-state index in [1.54, 1.807) is 0 Å². The van der Waals surface area contributed by atoms with Crippen LogP contribution >= 0.6 is 15.9 Å². The molecule has 2 atom stereocenters. The minimum Gasteiger partial charge on any atom is -0.379 e. The third kappa shape index (κ3) is 3.23. The Hall–Kier alpha value is 0.270. The second-order valence-electron chi connectivity index (χ2n) is 4.56. The summed E-state index contributed by atoms with van der Waals surface area (Å²) >= 11 is 3.35. The summed E-state index contributed by atoms with van der Waals surface area (Å²) in [7, 11) is -3.38. The van der Waals surface area contributed by atoms with Gasteiger partial charge in [-0.1, -0.05) is 15.9 Å². The van der Waals surface area contributed by atoms with Crippen molar-refractivity contribution in [3.8, 4) is 0 Å². The van der Waals surface area contributed by atoms with Gasteiger partial charge < -0.3 is 9.47 Å². The maximum Gasteiger partial charge on any atom is 0.282 e. The molecular formula is C10H19BrN2O4S. The molecule has 0 aromatic carbocycles. The van der Waals surface area contributed by atoms with Gasteiger partial charge in [-0.15, -0.1) is 0 Å². The highest BCUT2D eigenvalue weighted by molar-refractivity contribution is 9.09. The van der Waals surface area contributed by atoms with Gasteiger partial charge in [-0.25, -0.2) is 0 Å². The van der Waals surface area contributed by atoms with Crippen molar-refractivity contribution in [1.29, 1.82) is 0 Å². The van der Waals surface area contributed by atoms with E-state index >= 15 is 0 Å². The van der Waals surface area contributed by atoms with Crippen LogP contribution < -0.4 is 0 Å². The average Bonchev–Trinajstić information content (AvgIpc) is 2.39. The number of halogens is 1. The van der Waals surface area contributed by atoms with Gasteiger partial charge in [0.1, 0.15) is 0 Å². The maximum atomic E-state index is 12.5.